The third-order valence-electron chi connectivity index (χ3n) is 4.17. The Morgan fingerprint density at radius 3 is 2.38 bits per heavy atom. The van der Waals surface area contributed by atoms with Gasteiger partial charge in [-0.15, -0.1) is 0 Å². The van der Waals surface area contributed by atoms with Crippen LogP contribution in [0.5, 0.6) is 11.5 Å². The number of hydrogen-bond donors (Lipinski definition) is 2. The summed E-state index contributed by atoms with van der Waals surface area (Å²) in [4.78, 5) is 36.3. The largest absolute Gasteiger partial charge is 0.493 e. The SMILES string of the molecule is COc1cc(C(=O)NC(CC(=O)OC(C)C)c2ccccc2Cl)cc(Cl)c1OCC(N)=O. The van der Waals surface area contributed by atoms with E-state index in [0.29, 0.717) is 10.6 Å². The van der Waals surface area contributed by atoms with Gasteiger partial charge >= 0.3 is 5.97 Å². The standard InChI is InChI=1S/C22H24Cl2N2O6/c1-12(2)32-20(28)10-17(14-6-4-5-7-15(14)23)26-22(29)13-8-16(24)21(18(9-13)30-3)31-11-19(25)27/h4-9,12,17H,10-11H2,1-3H3,(H2,25,27)(H,26,29). The molecule has 2 amide bonds. The fourth-order valence-corrected chi connectivity index (χ4v) is 3.38. The Bertz CT molecular complexity index is 996. The van der Waals surface area contributed by atoms with Gasteiger partial charge in [0.25, 0.3) is 11.8 Å². The number of hydrogen-bond acceptors (Lipinski definition) is 6. The van der Waals surface area contributed by atoms with E-state index in [9.17, 15) is 14.4 Å². The maximum Gasteiger partial charge on any atom is 0.308 e. The van der Waals surface area contributed by atoms with Crippen LogP contribution in [0, 0.1) is 0 Å². The summed E-state index contributed by atoms with van der Waals surface area (Å²) in [7, 11) is 1.36. The van der Waals surface area contributed by atoms with Crippen molar-refractivity contribution in [3.8, 4) is 11.5 Å². The lowest BCUT2D eigenvalue weighted by Gasteiger charge is -2.21. The van der Waals surface area contributed by atoms with Crippen molar-refractivity contribution in [2.75, 3.05) is 13.7 Å². The van der Waals surface area contributed by atoms with Gasteiger partial charge in [-0.3, -0.25) is 14.4 Å². The highest BCUT2D eigenvalue weighted by Crippen LogP contribution is 2.36. The predicted molar refractivity (Wildman–Crippen MR) is 120 cm³/mol. The van der Waals surface area contributed by atoms with Crippen molar-refractivity contribution in [1.82, 2.24) is 5.32 Å². The van der Waals surface area contributed by atoms with Crippen LogP contribution in [-0.4, -0.2) is 37.6 Å². The molecule has 0 heterocycles. The number of amides is 2. The van der Waals surface area contributed by atoms with Crippen LogP contribution >= 0.6 is 23.2 Å². The number of methoxy groups -OCH3 is 1. The quantitative estimate of drug-likeness (QED) is 0.498. The lowest BCUT2D eigenvalue weighted by Crippen LogP contribution is -2.31. The first-order valence-electron chi connectivity index (χ1n) is 9.65. The molecule has 3 N–H and O–H groups in total. The number of carbonyl (C=O) groups excluding carboxylic acids is 3. The molecule has 0 aromatic heterocycles. The first-order chi connectivity index (χ1) is 15.1. The smallest absolute Gasteiger partial charge is 0.308 e. The van der Waals surface area contributed by atoms with Gasteiger partial charge < -0.3 is 25.3 Å². The van der Waals surface area contributed by atoms with Crippen LogP contribution in [0.15, 0.2) is 36.4 Å². The maximum atomic E-state index is 13.0. The summed E-state index contributed by atoms with van der Waals surface area (Å²) in [6.45, 7) is 3.06. The summed E-state index contributed by atoms with van der Waals surface area (Å²) in [6, 6.07) is 8.86. The molecule has 0 saturated heterocycles. The minimum Gasteiger partial charge on any atom is -0.493 e. The number of carbonyl (C=O) groups is 3. The van der Waals surface area contributed by atoms with Gasteiger partial charge in [0.2, 0.25) is 0 Å². The number of ether oxygens (including phenoxy) is 3. The Balaban J connectivity index is 2.32. The number of primary amides is 1. The van der Waals surface area contributed by atoms with Crippen LogP contribution in [0.1, 0.15) is 42.2 Å². The molecule has 0 aliphatic rings. The molecule has 0 aliphatic carbocycles. The molecule has 0 fully saturated rings. The van der Waals surface area contributed by atoms with E-state index in [2.05, 4.69) is 5.32 Å². The third-order valence-corrected chi connectivity index (χ3v) is 4.80. The number of rotatable bonds is 10. The molecule has 10 heteroatoms. The zero-order valence-corrected chi connectivity index (χ0v) is 19.3. The van der Waals surface area contributed by atoms with Crippen molar-refractivity contribution in [3.63, 3.8) is 0 Å². The molecule has 2 aromatic rings. The molecule has 0 radical (unpaired) electrons. The van der Waals surface area contributed by atoms with E-state index in [0.717, 1.165) is 0 Å². The Morgan fingerprint density at radius 2 is 1.78 bits per heavy atom. The molecule has 0 saturated carbocycles. The van der Waals surface area contributed by atoms with E-state index < -0.39 is 30.4 Å². The summed E-state index contributed by atoms with van der Waals surface area (Å²) >= 11 is 12.5. The summed E-state index contributed by atoms with van der Waals surface area (Å²) in [5, 5.41) is 3.22. The van der Waals surface area contributed by atoms with Crippen LogP contribution in [0.3, 0.4) is 0 Å². The van der Waals surface area contributed by atoms with Crippen molar-refractivity contribution < 1.29 is 28.6 Å². The van der Waals surface area contributed by atoms with Crippen molar-refractivity contribution in [2.45, 2.75) is 32.4 Å². The highest BCUT2D eigenvalue weighted by atomic mass is 35.5. The second kappa shape index (κ2) is 11.6. The summed E-state index contributed by atoms with van der Waals surface area (Å²) in [6.07, 6.45) is -0.431. The molecule has 172 valence electrons. The molecule has 8 nitrogen and oxygen atoms in total. The summed E-state index contributed by atoms with van der Waals surface area (Å²) in [5.74, 6) is -1.50. The topological polar surface area (TPSA) is 117 Å². The molecule has 1 unspecified atom stereocenters. The molecular formula is C22H24Cl2N2O6. The molecule has 2 aromatic carbocycles. The van der Waals surface area contributed by atoms with Gasteiger partial charge in [0, 0.05) is 10.6 Å². The number of benzene rings is 2. The highest BCUT2D eigenvalue weighted by Gasteiger charge is 2.24. The molecule has 0 bridgehead atoms. The lowest BCUT2D eigenvalue weighted by molar-refractivity contribution is -0.148. The molecule has 0 spiro atoms. The number of nitrogens with one attached hydrogen (secondary N) is 1. The predicted octanol–water partition coefficient (Wildman–Crippen LogP) is 3.68. The molecular weight excluding hydrogens is 459 g/mol. The van der Waals surface area contributed by atoms with Gasteiger partial charge in [0.15, 0.2) is 18.1 Å². The molecule has 2 rings (SSSR count). The summed E-state index contributed by atoms with van der Waals surface area (Å²) < 4.78 is 15.7. The van der Waals surface area contributed by atoms with Crippen LogP contribution in [0.4, 0.5) is 0 Å². The molecule has 1 atom stereocenters. The van der Waals surface area contributed by atoms with Gasteiger partial charge in [-0.25, -0.2) is 0 Å². The van der Waals surface area contributed by atoms with Crippen LogP contribution in [-0.2, 0) is 14.3 Å². The first-order valence-corrected chi connectivity index (χ1v) is 10.4. The Labute approximate surface area is 195 Å². The fraction of sp³-hybridized carbons (Fsp3) is 0.318. The van der Waals surface area contributed by atoms with Gasteiger partial charge in [-0.2, -0.15) is 0 Å². The number of nitrogens with two attached hydrogens (primary N) is 1. The fourth-order valence-electron chi connectivity index (χ4n) is 2.85. The van der Waals surface area contributed by atoms with Crippen LogP contribution in [0.25, 0.3) is 0 Å². The zero-order valence-electron chi connectivity index (χ0n) is 17.8. The Kier molecular flexibility index (Phi) is 9.16. The van der Waals surface area contributed by atoms with Crippen molar-refractivity contribution >= 4 is 41.0 Å². The second-order valence-electron chi connectivity index (χ2n) is 7.03. The monoisotopic (exact) mass is 482 g/mol. The van der Waals surface area contributed by atoms with E-state index in [1.807, 2.05) is 0 Å². The Morgan fingerprint density at radius 1 is 1.09 bits per heavy atom. The lowest BCUT2D eigenvalue weighted by atomic mass is 10.0. The first kappa shape index (κ1) is 25.3. The number of esters is 1. The van der Waals surface area contributed by atoms with Gasteiger partial charge in [0.05, 0.1) is 30.7 Å². The van der Waals surface area contributed by atoms with Crippen molar-refractivity contribution in [3.05, 3.63) is 57.6 Å². The second-order valence-corrected chi connectivity index (χ2v) is 7.85. The van der Waals surface area contributed by atoms with Gasteiger partial charge in [0.1, 0.15) is 0 Å². The van der Waals surface area contributed by atoms with Crippen LogP contribution in [0.2, 0.25) is 10.0 Å². The average Bonchev–Trinajstić information content (AvgIpc) is 2.71. The maximum absolute atomic E-state index is 13.0. The van der Waals surface area contributed by atoms with Crippen molar-refractivity contribution in [1.29, 1.82) is 0 Å². The van der Waals surface area contributed by atoms with E-state index in [1.54, 1.807) is 38.1 Å². The van der Waals surface area contributed by atoms with E-state index in [4.69, 9.17) is 43.1 Å². The van der Waals surface area contributed by atoms with Gasteiger partial charge in [-0.05, 0) is 37.6 Å². The zero-order chi connectivity index (χ0) is 23.8. The van der Waals surface area contributed by atoms with Gasteiger partial charge in [-0.1, -0.05) is 41.4 Å². The van der Waals surface area contributed by atoms with E-state index in [1.165, 1.54) is 19.2 Å². The van der Waals surface area contributed by atoms with Crippen molar-refractivity contribution in [2.24, 2.45) is 5.73 Å². The minimum atomic E-state index is -0.752. The normalized spacial score (nSPS) is 11.6. The Hall–Kier alpha value is -2.97. The molecule has 32 heavy (non-hydrogen) atoms. The highest BCUT2D eigenvalue weighted by molar-refractivity contribution is 6.33. The summed E-state index contributed by atoms with van der Waals surface area (Å²) in [5.41, 5.74) is 5.80. The minimum absolute atomic E-state index is 0.0456. The number of halogens is 2. The average molecular weight is 483 g/mol. The van der Waals surface area contributed by atoms with E-state index in [-0.39, 0.29) is 34.6 Å². The third kappa shape index (κ3) is 7.03. The van der Waals surface area contributed by atoms with E-state index >= 15 is 0 Å². The van der Waals surface area contributed by atoms with Crippen LogP contribution < -0.4 is 20.5 Å². The molecule has 0 aliphatic heterocycles.